The number of hydrogen-bond acceptors (Lipinski definition) is 4. The van der Waals surface area contributed by atoms with Gasteiger partial charge in [-0.15, -0.1) is 0 Å². The van der Waals surface area contributed by atoms with E-state index in [1.54, 1.807) is 7.11 Å². The monoisotopic (exact) mass is 293 g/mol. The fourth-order valence-corrected chi connectivity index (χ4v) is 2.71. The number of aliphatic hydroxyl groups is 1. The van der Waals surface area contributed by atoms with E-state index in [-0.39, 0.29) is 12.2 Å². The number of nitrogens with one attached hydrogen (secondary N) is 1. The van der Waals surface area contributed by atoms with Crippen molar-refractivity contribution in [1.29, 1.82) is 0 Å². The molecule has 4 heteroatoms. The van der Waals surface area contributed by atoms with Crippen LogP contribution >= 0.6 is 0 Å². The molecule has 1 aromatic rings. The lowest BCUT2D eigenvalue weighted by molar-refractivity contribution is 0.00567. The van der Waals surface area contributed by atoms with Crippen molar-refractivity contribution in [3.63, 3.8) is 0 Å². The zero-order valence-electron chi connectivity index (χ0n) is 13.1. The van der Waals surface area contributed by atoms with Crippen LogP contribution in [0.2, 0.25) is 0 Å². The van der Waals surface area contributed by atoms with Crippen molar-refractivity contribution >= 4 is 0 Å². The molecule has 0 aromatic heterocycles. The Labute approximate surface area is 127 Å². The number of benzene rings is 1. The maximum atomic E-state index is 10.0. The van der Waals surface area contributed by atoms with E-state index in [4.69, 9.17) is 9.47 Å². The lowest BCUT2D eigenvalue weighted by Gasteiger charge is -2.28. The molecule has 118 valence electrons. The van der Waals surface area contributed by atoms with E-state index in [0.717, 1.165) is 56.7 Å². The van der Waals surface area contributed by atoms with Gasteiger partial charge in [0.15, 0.2) is 11.5 Å². The summed E-state index contributed by atoms with van der Waals surface area (Å²) in [6.07, 6.45) is 4.57. The Morgan fingerprint density at radius 2 is 2.05 bits per heavy atom. The van der Waals surface area contributed by atoms with E-state index in [2.05, 4.69) is 18.3 Å². The topological polar surface area (TPSA) is 50.7 Å². The Morgan fingerprint density at radius 1 is 1.24 bits per heavy atom. The van der Waals surface area contributed by atoms with Crippen LogP contribution in [0.25, 0.3) is 0 Å². The molecule has 0 heterocycles. The number of hydrogen-bond donors (Lipinski definition) is 2. The van der Waals surface area contributed by atoms with Gasteiger partial charge < -0.3 is 19.9 Å². The van der Waals surface area contributed by atoms with Crippen LogP contribution in [0, 0.1) is 0 Å². The van der Waals surface area contributed by atoms with E-state index in [1.165, 1.54) is 5.56 Å². The molecule has 0 spiro atoms. The number of rotatable bonds is 7. The Kier molecular flexibility index (Phi) is 6.33. The Hall–Kier alpha value is -1.26. The molecule has 2 N–H and O–H groups in total. The van der Waals surface area contributed by atoms with Gasteiger partial charge in [-0.2, -0.15) is 0 Å². The highest BCUT2D eigenvalue weighted by Gasteiger charge is 2.25. The van der Waals surface area contributed by atoms with E-state index in [0.29, 0.717) is 0 Å². The van der Waals surface area contributed by atoms with Crippen molar-refractivity contribution in [2.45, 2.75) is 57.8 Å². The van der Waals surface area contributed by atoms with E-state index >= 15 is 0 Å². The minimum Gasteiger partial charge on any atom is -0.493 e. The summed E-state index contributed by atoms with van der Waals surface area (Å²) in [7, 11) is 1.66. The first-order valence-corrected chi connectivity index (χ1v) is 7.97. The van der Waals surface area contributed by atoms with Crippen LogP contribution in [-0.2, 0) is 6.54 Å². The van der Waals surface area contributed by atoms with Gasteiger partial charge in [0.25, 0.3) is 0 Å². The summed E-state index contributed by atoms with van der Waals surface area (Å²) < 4.78 is 11.4. The summed E-state index contributed by atoms with van der Waals surface area (Å²) in [5.41, 5.74) is 1.18. The predicted octanol–water partition coefficient (Wildman–Crippen LogP) is 2.88. The standard InChI is InChI=1S/C17H27NO3/c1-3-10-18-12-13-8-9-16(17(11-13)20-2)21-15-7-5-4-6-14(15)19/h8-9,11,14-15,18-19H,3-7,10,12H2,1-2H3. The zero-order chi connectivity index (χ0) is 15.1. The second kappa shape index (κ2) is 8.25. The average Bonchev–Trinajstić information content (AvgIpc) is 2.51. The van der Waals surface area contributed by atoms with Crippen molar-refractivity contribution in [2.75, 3.05) is 13.7 Å². The van der Waals surface area contributed by atoms with Crippen molar-refractivity contribution < 1.29 is 14.6 Å². The number of aliphatic hydroxyl groups excluding tert-OH is 1. The Morgan fingerprint density at radius 3 is 2.76 bits per heavy atom. The summed E-state index contributed by atoms with van der Waals surface area (Å²) in [5, 5.41) is 13.4. The van der Waals surface area contributed by atoms with Crippen molar-refractivity contribution in [3.05, 3.63) is 23.8 Å². The zero-order valence-corrected chi connectivity index (χ0v) is 13.1. The van der Waals surface area contributed by atoms with Crippen LogP contribution in [0.1, 0.15) is 44.6 Å². The highest BCUT2D eigenvalue weighted by molar-refractivity contribution is 5.43. The van der Waals surface area contributed by atoms with Gasteiger partial charge in [-0.25, -0.2) is 0 Å². The first-order chi connectivity index (χ1) is 10.2. The van der Waals surface area contributed by atoms with Gasteiger partial charge in [0.05, 0.1) is 13.2 Å². The lowest BCUT2D eigenvalue weighted by atomic mass is 9.95. The van der Waals surface area contributed by atoms with Gasteiger partial charge in [0.2, 0.25) is 0 Å². The molecule has 0 amide bonds. The smallest absolute Gasteiger partial charge is 0.161 e. The van der Waals surface area contributed by atoms with Gasteiger partial charge in [0, 0.05) is 6.54 Å². The van der Waals surface area contributed by atoms with Gasteiger partial charge in [-0.3, -0.25) is 0 Å². The summed E-state index contributed by atoms with van der Waals surface area (Å²) >= 11 is 0. The summed E-state index contributed by atoms with van der Waals surface area (Å²) in [6, 6.07) is 6.01. The molecule has 2 unspecified atom stereocenters. The van der Waals surface area contributed by atoms with Crippen molar-refractivity contribution in [1.82, 2.24) is 5.32 Å². The Bertz CT molecular complexity index is 436. The second-order valence-corrected chi connectivity index (χ2v) is 5.67. The molecule has 2 atom stereocenters. The molecule has 1 aliphatic carbocycles. The summed E-state index contributed by atoms with van der Waals surface area (Å²) in [6.45, 7) is 3.99. The fourth-order valence-electron chi connectivity index (χ4n) is 2.71. The molecule has 1 fully saturated rings. The highest BCUT2D eigenvalue weighted by atomic mass is 16.5. The minimum absolute atomic E-state index is 0.114. The van der Waals surface area contributed by atoms with Gasteiger partial charge in [0.1, 0.15) is 6.10 Å². The largest absolute Gasteiger partial charge is 0.493 e. The molecule has 1 aliphatic rings. The second-order valence-electron chi connectivity index (χ2n) is 5.67. The molecule has 21 heavy (non-hydrogen) atoms. The third-order valence-corrected chi connectivity index (χ3v) is 3.93. The molecule has 0 radical (unpaired) electrons. The molecule has 0 aliphatic heterocycles. The maximum Gasteiger partial charge on any atom is 0.161 e. The SMILES string of the molecule is CCCNCc1ccc(OC2CCCCC2O)c(OC)c1. The first kappa shape index (κ1) is 16.1. The van der Waals surface area contributed by atoms with E-state index in [9.17, 15) is 5.11 Å². The molecule has 0 bridgehead atoms. The van der Waals surface area contributed by atoms with Gasteiger partial charge in [-0.1, -0.05) is 19.4 Å². The van der Waals surface area contributed by atoms with Crippen molar-refractivity contribution in [2.24, 2.45) is 0 Å². The van der Waals surface area contributed by atoms with E-state index < -0.39 is 0 Å². The van der Waals surface area contributed by atoms with Crippen LogP contribution in [0.4, 0.5) is 0 Å². The van der Waals surface area contributed by atoms with Crippen LogP contribution in [0.5, 0.6) is 11.5 Å². The minimum atomic E-state index is -0.366. The first-order valence-electron chi connectivity index (χ1n) is 7.97. The molecule has 1 saturated carbocycles. The van der Waals surface area contributed by atoms with E-state index in [1.807, 2.05) is 12.1 Å². The van der Waals surface area contributed by atoms with Gasteiger partial charge in [-0.05, 0) is 49.9 Å². The van der Waals surface area contributed by atoms with Crippen LogP contribution in [-0.4, -0.2) is 31.0 Å². The predicted molar refractivity (Wildman–Crippen MR) is 83.9 cm³/mol. The third-order valence-electron chi connectivity index (χ3n) is 3.93. The van der Waals surface area contributed by atoms with Crippen molar-refractivity contribution in [3.8, 4) is 11.5 Å². The molecule has 4 nitrogen and oxygen atoms in total. The average molecular weight is 293 g/mol. The van der Waals surface area contributed by atoms with Crippen LogP contribution < -0.4 is 14.8 Å². The fraction of sp³-hybridized carbons (Fsp3) is 0.647. The lowest BCUT2D eigenvalue weighted by Crippen LogP contribution is -2.34. The van der Waals surface area contributed by atoms with Crippen LogP contribution in [0.15, 0.2) is 18.2 Å². The molecular formula is C17H27NO3. The third kappa shape index (κ3) is 4.61. The normalized spacial score (nSPS) is 22.0. The summed E-state index contributed by atoms with van der Waals surface area (Å²) in [5.74, 6) is 1.46. The van der Waals surface area contributed by atoms with Gasteiger partial charge >= 0.3 is 0 Å². The number of methoxy groups -OCH3 is 1. The molecule has 2 rings (SSSR count). The highest BCUT2D eigenvalue weighted by Crippen LogP contribution is 2.32. The van der Waals surface area contributed by atoms with Crippen LogP contribution in [0.3, 0.4) is 0 Å². The molecular weight excluding hydrogens is 266 g/mol. The molecule has 0 saturated heterocycles. The maximum absolute atomic E-state index is 10.0. The molecule has 1 aromatic carbocycles. The Balaban J connectivity index is 2.01. The number of ether oxygens (including phenoxy) is 2. The summed E-state index contributed by atoms with van der Waals surface area (Å²) in [4.78, 5) is 0. The quantitative estimate of drug-likeness (QED) is 0.759.